The Morgan fingerprint density at radius 3 is 2.54 bits per heavy atom. The molecule has 41 heavy (non-hydrogen) atoms. The molecule has 0 spiro atoms. The zero-order valence-corrected chi connectivity index (χ0v) is 24.2. The van der Waals surface area contributed by atoms with E-state index in [9.17, 15) is 14.7 Å². The molecule has 9 heteroatoms. The first-order valence-electron chi connectivity index (χ1n) is 14.9. The molecule has 0 radical (unpaired) electrons. The Hall–Kier alpha value is -2.82. The minimum Gasteiger partial charge on any atom is -0.453 e. The van der Waals surface area contributed by atoms with Crippen molar-refractivity contribution in [2.45, 2.75) is 83.2 Å². The molecular formula is C32H43N3O6. The molecule has 0 aromatic heterocycles. The van der Waals surface area contributed by atoms with Crippen molar-refractivity contribution >= 4 is 17.6 Å². The van der Waals surface area contributed by atoms with Crippen molar-refractivity contribution < 1.29 is 28.9 Å². The van der Waals surface area contributed by atoms with Crippen LogP contribution in [0.2, 0.25) is 0 Å². The molecule has 2 aromatic carbocycles. The largest absolute Gasteiger partial charge is 0.453 e. The Morgan fingerprint density at radius 1 is 1.02 bits per heavy atom. The van der Waals surface area contributed by atoms with E-state index < -0.39 is 24.3 Å². The van der Waals surface area contributed by atoms with E-state index in [2.05, 4.69) is 15.1 Å². The SMILES string of the molecule is CC(=O)O[C@@H](C)C(=O)Nc1cccc([C@H]2O[C@@H](CN3CCC[C@H]3CN3CCCC3)C[C@@H](c3ccc(CO)cc3)O2)c1. The number of amides is 1. The summed E-state index contributed by atoms with van der Waals surface area (Å²) in [6.45, 7) is 8.30. The van der Waals surface area contributed by atoms with Crippen molar-refractivity contribution in [3.8, 4) is 0 Å². The van der Waals surface area contributed by atoms with E-state index in [4.69, 9.17) is 14.2 Å². The van der Waals surface area contributed by atoms with Crippen LogP contribution in [-0.4, -0.2) is 77.8 Å². The van der Waals surface area contributed by atoms with Crippen molar-refractivity contribution in [1.82, 2.24) is 9.80 Å². The highest BCUT2D eigenvalue weighted by molar-refractivity contribution is 5.95. The van der Waals surface area contributed by atoms with E-state index >= 15 is 0 Å². The molecule has 2 aromatic rings. The summed E-state index contributed by atoms with van der Waals surface area (Å²) in [4.78, 5) is 29.0. The lowest BCUT2D eigenvalue weighted by Gasteiger charge is -2.39. The predicted molar refractivity (Wildman–Crippen MR) is 155 cm³/mol. The lowest BCUT2D eigenvalue weighted by atomic mass is 9.99. The number of carbonyl (C=O) groups excluding carboxylic acids is 2. The first-order valence-corrected chi connectivity index (χ1v) is 14.9. The summed E-state index contributed by atoms with van der Waals surface area (Å²) >= 11 is 0. The van der Waals surface area contributed by atoms with Gasteiger partial charge in [0.1, 0.15) is 0 Å². The molecule has 0 aliphatic carbocycles. The van der Waals surface area contributed by atoms with Gasteiger partial charge in [-0.1, -0.05) is 36.4 Å². The van der Waals surface area contributed by atoms with Crippen LogP contribution in [0.1, 0.15) is 75.0 Å². The highest BCUT2D eigenvalue weighted by atomic mass is 16.7. The number of nitrogens with zero attached hydrogens (tertiary/aromatic N) is 2. The van der Waals surface area contributed by atoms with E-state index in [1.165, 1.54) is 45.7 Å². The highest BCUT2D eigenvalue weighted by Gasteiger charge is 2.36. The maximum Gasteiger partial charge on any atom is 0.303 e. The molecule has 1 amide bonds. The monoisotopic (exact) mass is 565 g/mol. The number of anilines is 1. The van der Waals surface area contributed by atoms with Crippen LogP contribution in [0.3, 0.4) is 0 Å². The molecule has 5 atom stereocenters. The lowest BCUT2D eigenvalue weighted by Crippen LogP contribution is -2.45. The minimum atomic E-state index is -0.900. The van der Waals surface area contributed by atoms with Crippen LogP contribution in [0, 0.1) is 0 Å². The number of carbonyl (C=O) groups is 2. The van der Waals surface area contributed by atoms with Crippen molar-refractivity contribution in [1.29, 1.82) is 0 Å². The average molecular weight is 566 g/mol. The predicted octanol–water partition coefficient (Wildman–Crippen LogP) is 4.17. The highest BCUT2D eigenvalue weighted by Crippen LogP contribution is 2.39. The summed E-state index contributed by atoms with van der Waals surface area (Å²) in [6, 6.07) is 15.9. The van der Waals surface area contributed by atoms with Gasteiger partial charge in [0, 0.05) is 43.7 Å². The summed E-state index contributed by atoms with van der Waals surface area (Å²) in [5.41, 5.74) is 3.30. The fraction of sp³-hybridized carbons (Fsp3) is 0.562. The van der Waals surface area contributed by atoms with Crippen LogP contribution in [0.5, 0.6) is 0 Å². The molecular weight excluding hydrogens is 522 g/mol. The number of likely N-dealkylation sites (tertiary alicyclic amines) is 2. The van der Waals surface area contributed by atoms with Gasteiger partial charge in [0.2, 0.25) is 0 Å². The molecule has 0 saturated carbocycles. The molecule has 0 bridgehead atoms. The Morgan fingerprint density at radius 2 is 1.80 bits per heavy atom. The second kappa shape index (κ2) is 13.9. The number of hydrogen-bond acceptors (Lipinski definition) is 8. The Kier molecular flexibility index (Phi) is 10.1. The number of nitrogens with one attached hydrogen (secondary N) is 1. The van der Waals surface area contributed by atoms with Gasteiger partial charge in [-0.15, -0.1) is 0 Å². The molecule has 3 heterocycles. The van der Waals surface area contributed by atoms with Crippen LogP contribution >= 0.6 is 0 Å². The van der Waals surface area contributed by atoms with Gasteiger partial charge in [0.15, 0.2) is 12.4 Å². The zero-order valence-electron chi connectivity index (χ0n) is 24.2. The van der Waals surface area contributed by atoms with E-state index in [1.807, 2.05) is 42.5 Å². The van der Waals surface area contributed by atoms with Crippen molar-refractivity contribution in [2.75, 3.05) is 38.0 Å². The summed E-state index contributed by atoms with van der Waals surface area (Å²) in [5.74, 6) is -0.907. The number of hydrogen-bond donors (Lipinski definition) is 2. The molecule has 3 fully saturated rings. The van der Waals surface area contributed by atoms with Crippen LogP contribution in [-0.2, 0) is 30.4 Å². The van der Waals surface area contributed by atoms with Crippen molar-refractivity contribution in [3.05, 3.63) is 65.2 Å². The fourth-order valence-corrected chi connectivity index (χ4v) is 6.21. The zero-order chi connectivity index (χ0) is 28.8. The van der Waals surface area contributed by atoms with E-state index in [0.717, 1.165) is 42.7 Å². The van der Waals surface area contributed by atoms with E-state index in [-0.39, 0.29) is 18.8 Å². The van der Waals surface area contributed by atoms with Gasteiger partial charge in [-0.3, -0.25) is 14.5 Å². The molecule has 0 unspecified atom stereocenters. The van der Waals surface area contributed by atoms with Gasteiger partial charge in [0.25, 0.3) is 5.91 Å². The molecule has 2 N–H and O–H groups in total. The third-order valence-electron chi connectivity index (χ3n) is 8.36. The Balaban J connectivity index is 1.32. The second-order valence-electron chi connectivity index (χ2n) is 11.5. The Labute approximate surface area is 242 Å². The smallest absolute Gasteiger partial charge is 0.303 e. The van der Waals surface area contributed by atoms with E-state index in [1.54, 1.807) is 13.0 Å². The number of ether oxygens (including phenoxy) is 3. The maximum atomic E-state index is 12.5. The van der Waals surface area contributed by atoms with Crippen LogP contribution in [0.25, 0.3) is 0 Å². The van der Waals surface area contributed by atoms with Gasteiger partial charge < -0.3 is 29.5 Å². The van der Waals surface area contributed by atoms with Crippen molar-refractivity contribution in [3.63, 3.8) is 0 Å². The number of esters is 1. The van der Waals surface area contributed by atoms with Crippen LogP contribution in [0.15, 0.2) is 48.5 Å². The summed E-state index contributed by atoms with van der Waals surface area (Å²) in [7, 11) is 0. The molecule has 222 valence electrons. The lowest BCUT2D eigenvalue weighted by molar-refractivity contribution is -0.253. The molecule has 3 aliphatic rings. The summed E-state index contributed by atoms with van der Waals surface area (Å²) in [6.07, 6.45) is 4.06. The average Bonchev–Trinajstić information content (AvgIpc) is 3.65. The fourth-order valence-electron chi connectivity index (χ4n) is 6.21. The third kappa shape index (κ3) is 7.93. The molecule has 3 saturated heterocycles. The van der Waals surface area contributed by atoms with Crippen molar-refractivity contribution in [2.24, 2.45) is 0 Å². The third-order valence-corrected chi connectivity index (χ3v) is 8.36. The van der Waals surface area contributed by atoms with Gasteiger partial charge in [-0.05, 0) is 75.5 Å². The maximum absolute atomic E-state index is 12.5. The topological polar surface area (TPSA) is 101 Å². The first kappa shape index (κ1) is 29.7. The number of benzene rings is 2. The molecule has 9 nitrogen and oxygen atoms in total. The van der Waals surface area contributed by atoms with Crippen LogP contribution < -0.4 is 5.32 Å². The van der Waals surface area contributed by atoms with Gasteiger partial charge in [-0.2, -0.15) is 0 Å². The second-order valence-corrected chi connectivity index (χ2v) is 11.5. The normalized spacial score (nSPS) is 26.1. The van der Waals surface area contributed by atoms with E-state index in [0.29, 0.717) is 11.7 Å². The number of aliphatic hydroxyl groups excluding tert-OH is 1. The first-order chi connectivity index (χ1) is 19.9. The number of aliphatic hydroxyl groups is 1. The van der Waals surface area contributed by atoms with Gasteiger partial charge in [-0.25, -0.2) is 0 Å². The molecule has 3 aliphatic heterocycles. The van der Waals surface area contributed by atoms with Crippen LogP contribution in [0.4, 0.5) is 5.69 Å². The summed E-state index contributed by atoms with van der Waals surface area (Å²) in [5, 5.41) is 12.3. The molecule has 5 rings (SSSR count). The quantitative estimate of drug-likeness (QED) is 0.414. The summed E-state index contributed by atoms with van der Waals surface area (Å²) < 4.78 is 18.2. The minimum absolute atomic E-state index is 0.00210. The van der Waals surface area contributed by atoms with Gasteiger partial charge in [0.05, 0.1) is 18.8 Å². The van der Waals surface area contributed by atoms with Gasteiger partial charge >= 0.3 is 5.97 Å². The standard InChI is InChI=1S/C32H43N3O6/c1-22(39-23(2)37)31(38)33-27-8-5-7-26(17-27)32-40-29(18-30(41-32)25-12-10-24(21-36)11-13-25)20-35-16-6-9-28(35)19-34-14-3-4-15-34/h5,7-8,10-13,17,22,28-30,32,36H,3-4,6,9,14-16,18-21H2,1-2H3,(H,33,38)/t22-,28-,29+,30-,32-/m0/s1. The Bertz CT molecular complexity index is 1170. The number of rotatable bonds is 10.